The van der Waals surface area contributed by atoms with Crippen molar-refractivity contribution in [2.45, 2.75) is 84.5 Å². The third-order valence-electron chi connectivity index (χ3n) is 14.5. The van der Waals surface area contributed by atoms with Gasteiger partial charge in [0.15, 0.2) is 0 Å². The van der Waals surface area contributed by atoms with E-state index in [2.05, 4.69) is 242 Å². The molecule has 1 heterocycles. The second-order valence-corrected chi connectivity index (χ2v) is 20.4. The highest BCUT2D eigenvalue weighted by molar-refractivity contribution is 6.10. The Morgan fingerprint density at radius 2 is 1.14 bits per heavy atom. The van der Waals surface area contributed by atoms with E-state index in [0.29, 0.717) is 5.92 Å². The number of rotatable bonds is 6. The van der Waals surface area contributed by atoms with Gasteiger partial charge in [-0.05, 0) is 133 Å². The maximum Gasteiger partial charge on any atom is 0.0543 e. The number of nitrogens with zero attached hydrogens (tertiary/aromatic N) is 2. The molecule has 0 N–H and O–H groups in total. The van der Waals surface area contributed by atoms with Crippen molar-refractivity contribution in [1.29, 1.82) is 0 Å². The van der Waals surface area contributed by atoms with Crippen LogP contribution < -0.4 is 4.90 Å². The van der Waals surface area contributed by atoms with Crippen LogP contribution in [0.4, 0.5) is 17.1 Å². The molecule has 8 aromatic carbocycles. The van der Waals surface area contributed by atoms with Gasteiger partial charge in [0.05, 0.1) is 16.7 Å². The molecule has 0 spiro atoms. The minimum Gasteiger partial charge on any atom is -0.310 e. The minimum atomic E-state index is -0.157. The minimum absolute atomic E-state index is 0.00999. The highest BCUT2D eigenvalue weighted by atomic mass is 15.1. The van der Waals surface area contributed by atoms with Gasteiger partial charge < -0.3 is 9.47 Å². The first-order valence-electron chi connectivity index (χ1n) is 22.8. The van der Waals surface area contributed by atoms with E-state index in [9.17, 15) is 0 Å². The Balaban J connectivity index is 1.10. The predicted octanol–water partition coefficient (Wildman–Crippen LogP) is 17.0. The SMILES string of the molecule is CC(C)c1cc(C(C)(C)C)cc2c1C(C)(C)c1cccc(N(c3ccc(-c4ccc5c(c4)c4ccccc4n5-c4ccccc4)cc3)c3ccc4c(c3)C(C)(C)c3ccccc3-4)c1-2. The molecule has 0 unspecified atom stereocenters. The Hall–Kier alpha value is -6.64. The molecule has 0 radical (unpaired) electrons. The summed E-state index contributed by atoms with van der Waals surface area (Å²) in [5.74, 6) is 0.399. The number of anilines is 3. The van der Waals surface area contributed by atoms with E-state index in [1.54, 1.807) is 0 Å². The molecule has 0 saturated heterocycles. The summed E-state index contributed by atoms with van der Waals surface area (Å²) in [7, 11) is 0. The number of hydrogen-bond acceptors (Lipinski definition) is 1. The van der Waals surface area contributed by atoms with Crippen LogP contribution in [-0.2, 0) is 16.2 Å². The first-order chi connectivity index (χ1) is 30.2. The van der Waals surface area contributed by atoms with Crippen LogP contribution in [0.15, 0.2) is 170 Å². The molecular formula is C61H56N2. The van der Waals surface area contributed by atoms with Crippen molar-refractivity contribution in [3.63, 3.8) is 0 Å². The quantitative estimate of drug-likeness (QED) is 0.162. The molecule has 310 valence electrons. The lowest BCUT2D eigenvalue weighted by atomic mass is 9.75. The number of benzene rings is 8. The third-order valence-corrected chi connectivity index (χ3v) is 14.5. The molecule has 1 aromatic heterocycles. The van der Waals surface area contributed by atoms with Crippen LogP contribution in [0.1, 0.15) is 102 Å². The highest BCUT2D eigenvalue weighted by Gasteiger charge is 2.42. The molecule has 0 atom stereocenters. The Morgan fingerprint density at radius 1 is 0.492 bits per heavy atom. The lowest BCUT2D eigenvalue weighted by Gasteiger charge is -2.30. The van der Waals surface area contributed by atoms with E-state index in [1.165, 1.54) is 106 Å². The average molecular weight is 817 g/mol. The van der Waals surface area contributed by atoms with Gasteiger partial charge in [-0.2, -0.15) is 0 Å². The summed E-state index contributed by atoms with van der Waals surface area (Å²) in [5.41, 5.74) is 23.2. The first-order valence-corrected chi connectivity index (χ1v) is 22.8. The lowest BCUT2D eigenvalue weighted by molar-refractivity contribution is 0.585. The van der Waals surface area contributed by atoms with Crippen LogP contribution in [0.2, 0.25) is 0 Å². The lowest BCUT2D eigenvalue weighted by Crippen LogP contribution is -2.19. The monoisotopic (exact) mass is 816 g/mol. The molecule has 2 aliphatic rings. The van der Waals surface area contributed by atoms with Gasteiger partial charge in [-0.1, -0.05) is 172 Å². The van der Waals surface area contributed by atoms with E-state index in [1.807, 2.05) is 0 Å². The normalized spacial score (nSPS) is 14.5. The Bertz CT molecular complexity index is 3280. The van der Waals surface area contributed by atoms with Crippen molar-refractivity contribution in [2.24, 2.45) is 0 Å². The standard InChI is InChI=1S/C61H56N2/c1-38(2)48-35-41(59(3,4)5)36-50-57-52(61(8,9)58(48)50)23-17-25-56(57)62(44-31-32-46-45-20-13-15-22-51(45)60(6,7)53(46)37-44)43-29-26-39(27-30-43)40-28-33-55-49(34-40)47-21-14-16-24-54(47)63(55)42-18-11-10-12-19-42/h10-38H,1-9H3. The molecular weight excluding hydrogens is 761 g/mol. The average Bonchev–Trinajstić information content (AvgIpc) is 3.83. The maximum atomic E-state index is 2.54. The highest BCUT2D eigenvalue weighted by Crippen LogP contribution is 2.58. The largest absolute Gasteiger partial charge is 0.310 e. The fourth-order valence-electron chi connectivity index (χ4n) is 11.2. The van der Waals surface area contributed by atoms with Crippen LogP contribution in [0.5, 0.6) is 0 Å². The first kappa shape index (κ1) is 39.2. The van der Waals surface area contributed by atoms with Crippen LogP contribution in [0.25, 0.3) is 60.9 Å². The van der Waals surface area contributed by atoms with Crippen molar-refractivity contribution >= 4 is 38.9 Å². The summed E-state index contributed by atoms with van der Waals surface area (Å²) in [6, 6.07) is 64.0. The Morgan fingerprint density at radius 3 is 1.90 bits per heavy atom. The van der Waals surface area contributed by atoms with Crippen molar-refractivity contribution in [1.82, 2.24) is 4.57 Å². The molecule has 0 aliphatic heterocycles. The molecule has 63 heavy (non-hydrogen) atoms. The molecule has 11 rings (SSSR count). The summed E-state index contributed by atoms with van der Waals surface area (Å²) < 4.78 is 2.39. The van der Waals surface area contributed by atoms with E-state index in [4.69, 9.17) is 0 Å². The topological polar surface area (TPSA) is 8.17 Å². The van der Waals surface area contributed by atoms with Crippen molar-refractivity contribution in [2.75, 3.05) is 4.90 Å². The second kappa shape index (κ2) is 13.9. The molecule has 0 amide bonds. The molecule has 0 bridgehead atoms. The van der Waals surface area contributed by atoms with Crippen LogP contribution >= 0.6 is 0 Å². The molecule has 2 heteroatoms. The van der Waals surface area contributed by atoms with Gasteiger partial charge in [0.1, 0.15) is 0 Å². The van der Waals surface area contributed by atoms with Crippen LogP contribution in [0.3, 0.4) is 0 Å². The van der Waals surface area contributed by atoms with Crippen LogP contribution in [0, 0.1) is 0 Å². The molecule has 0 saturated carbocycles. The number of fused-ring (bicyclic) bond motifs is 9. The van der Waals surface area contributed by atoms with E-state index < -0.39 is 0 Å². The number of hydrogen-bond donors (Lipinski definition) is 0. The smallest absolute Gasteiger partial charge is 0.0543 e. The van der Waals surface area contributed by atoms with Gasteiger partial charge in [0.25, 0.3) is 0 Å². The fourth-order valence-corrected chi connectivity index (χ4v) is 11.2. The summed E-state index contributed by atoms with van der Waals surface area (Å²) in [4.78, 5) is 2.54. The van der Waals surface area contributed by atoms with E-state index >= 15 is 0 Å². The Kier molecular flexibility index (Phi) is 8.67. The summed E-state index contributed by atoms with van der Waals surface area (Å²) in [6.45, 7) is 21.4. The fraction of sp³-hybridized carbons (Fsp3) is 0.213. The zero-order chi connectivity index (χ0) is 43.6. The van der Waals surface area contributed by atoms with Crippen LogP contribution in [-0.4, -0.2) is 4.57 Å². The van der Waals surface area contributed by atoms with Crippen molar-refractivity contribution < 1.29 is 0 Å². The summed E-state index contributed by atoms with van der Waals surface area (Å²) >= 11 is 0. The van der Waals surface area contributed by atoms with Gasteiger partial charge in [-0.3, -0.25) is 0 Å². The van der Waals surface area contributed by atoms with E-state index in [0.717, 1.165) is 5.69 Å². The molecule has 2 nitrogen and oxygen atoms in total. The zero-order valence-corrected chi connectivity index (χ0v) is 38.1. The molecule has 9 aromatic rings. The summed E-state index contributed by atoms with van der Waals surface area (Å²) in [5, 5.41) is 2.52. The van der Waals surface area contributed by atoms with Gasteiger partial charge in [0, 0.05) is 44.2 Å². The van der Waals surface area contributed by atoms with Gasteiger partial charge in [0.2, 0.25) is 0 Å². The van der Waals surface area contributed by atoms with Crippen molar-refractivity contribution in [3.05, 3.63) is 203 Å². The van der Waals surface area contributed by atoms with Gasteiger partial charge >= 0.3 is 0 Å². The second-order valence-electron chi connectivity index (χ2n) is 20.4. The number of aromatic nitrogens is 1. The van der Waals surface area contributed by atoms with Crippen molar-refractivity contribution in [3.8, 4) is 39.1 Å². The van der Waals surface area contributed by atoms with E-state index in [-0.39, 0.29) is 16.2 Å². The molecule has 0 fully saturated rings. The van der Waals surface area contributed by atoms with Gasteiger partial charge in [-0.25, -0.2) is 0 Å². The summed E-state index contributed by atoms with van der Waals surface area (Å²) in [6.07, 6.45) is 0. The maximum absolute atomic E-state index is 2.54. The number of para-hydroxylation sites is 2. The Labute approximate surface area is 373 Å². The predicted molar refractivity (Wildman–Crippen MR) is 269 cm³/mol. The van der Waals surface area contributed by atoms with Gasteiger partial charge in [-0.15, -0.1) is 0 Å². The zero-order valence-electron chi connectivity index (χ0n) is 38.1. The molecule has 2 aliphatic carbocycles. The third kappa shape index (κ3) is 5.91.